The molecule has 1 aliphatic heterocycles. The van der Waals surface area contributed by atoms with Gasteiger partial charge in [0, 0.05) is 37.8 Å². The fourth-order valence-corrected chi connectivity index (χ4v) is 3.95. The molecule has 2 fully saturated rings. The third kappa shape index (κ3) is 5.15. The van der Waals surface area contributed by atoms with Crippen LogP contribution in [0.2, 0.25) is 0 Å². The number of benzene rings is 1. The summed E-state index contributed by atoms with van der Waals surface area (Å²) in [6.45, 7) is 3.35. The molecule has 2 aliphatic rings. The molecule has 4 nitrogen and oxygen atoms in total. The maximum atomic E-state index is 12.5. The maximum absolute atomic E-state index is 12.5. The number of hydrogen-bond donors (Lipinski definition) is 2. The van der Waals surface area contributed by atoms with Crippen molar-refractivity contribution in [3.63, 3.8) is 0 Å². The van der Waals surface area contributed by atoms with Gasteiger partial charge in [-0.15, -0.1) is 25.6 Å². The van der Waals surface area contributed by atoms with E-state index >= 15 is 0 Å². The molecule has 1 atom stereocenters. The van der Waals surface area contributed by atoms with Gasteiger partial charge in [0.1, 0.15) is 11.5 Å². The van der Waals surface area contributed by atoms with E-state index in [1.807, 2.05) is 0 Å². The van der Waals surface area contributed by atoms with Crippen LogP contribution in [0.5, 0.6) is 11.5 Å². The van der Waals surface area contributed by atoms with Crippen LogP contribution in [0, 0.1) is 5.92 Å². The average Bonchev–Trinajstić information content (AvgIpc) is 3.04. The lowest BCUT2D eigenvalue weighted by Gasteiger charge is -2.39. The number of aromatic hydroxyl groups is 1. The van der Waals surface area contributed by atoms with E-state index in [2.05, 4.69) is 15.0 Å². The lowest BCUT2D eigenvalue weighted by atomic mass is 9.89. The van der Waals surface area contributed by atoms with Crippen LogP contribution >= 0.6 is 12.4 Å². The number of alkyl halides is 3. The van der Waals surface area contributed by atoms with Crippen molar-refractivity contribution in [2.75, 3.05) is 26.2 Å². The first-order valence-corrected chi connectivity index (χ1v) is 8.47. The third-order valence-electron chi connectivity index (χ3n) is 4.94. The zero-order valence-corrected chi connectivity index (χ0v) is 14.7. The molecule has 0 aromatic heterocycles. The summed E-state index contributed by atoms with van der Waals surface area (Å²) in [6, 6.07) is 3.76. The van der Waals surface area contributed by atoms with Crippen molar-refractivity contribution < 1.29 is 23.0 Å². The van der Waals surface area contributed by atoms with Crippen LogP contribution in [-0.2, 0) is 0 Å². The Hall–Kier alpha value is -1.18. The van der Waals surface area contributed by atoms with Crippen molar-refractivity contribution in [2.24, 2.45) is 5.92 Å². The topological polar surface area (TPSA) is 44.7 Å². The average molecular weight is 381 g/mol. The summed E-state index contributed by atoms with van der Waals surface area (Å²) < 4.78 is 41.6. The molecular weight excluding hydrogens is 357 g/mol. The van der Waals surface area contributed by atoms with Gasteiger partial charge in [0.2, 0.25) is 0 Å². The number of hydrogen-bond acceptors (Lipinski definition) is 4. The molecule has 0 amide bonds. The zero-order valence-electron chi connectivity index (χ0n) is 13.9. The van der Waals surface area contributed by atoms with Crippen molar-refractivity contribution in [3.05, 3.63) is 23.8 Å². The van der Waals surface area contributed by atoms with Crippen LogP contribution in [0.4, 0.5) is 13.2 Å². The van der Waals surface area contributed by atoms with Gasteiger partial charge in [-0.05, 0) is 37.0 Å². The second-order valence-electron chi connectivity index (χ2n) is 6.54. The SMILES string of the molecule is Cl.Oc1ccc(OC(F)(F)F)cc1[C@@H](C1CCCC1)N1CCNCC1. The Bertz CT molecular complexity index is 559. The number of piperazine rings is 1. The van der Waals surface area contributed by atoms with Crippen LogP contribution in [-0.4, -0.2) is 42.5 Å². The van der Waals surface area contributed by atoms with Crippen LogP contribution < -0.4 is 10.1 Å². The minimum atomic E-state index is -4.73. The predicted octanol–water partition coefficient (Wildman–Crippen LogP) is 3.85. The van der Waals surface area contributed by atoms with Crippen molar-refractivity contribution in [3.8, 4) is 11.5 Å². The van der Waals surface area contributed by atoms with Crippen molar-refractivity contribution in [1.29, 1.82) is 0 Å². The van der Waals surface area contributed by atoms with Gasteiger partial charge in [-0.1, -0.05) is 12.8 Å². The molecule has 1 heterocycles. The van der Waals surface area contributed by atoms with Gasteiger partial charge in [-0.3, -0.25) is 4.90 Å². The molecular formula is C17H24ClF3N2O2. The van der Waals surface area contributed by atoms with Crippen LogP contribution in [0.1, 0.15) is 37.3 Å². The highest BCUT2D eigenvalue weighted by atomic mass is 35.5. The van der Waals surface area contributed by atoms with Crippen molar-refractivity contribution >= 4 is 12.4 Å². The molecule has 142 valence electrons. The van der Waals surface area contributed by atoms with Crippen LogP contribution in [0.15, 0.2) is 18.2 Å². The molecule has 1 saturated heterocycles. The summed E-state index contributed by atoms with van der Waals surface area (Å²) in [5, 5.41) is 13.6. The largest absolute Gasteiger partial charge is 0.573 e. The summed E-state index contributed by atoms with van der Waals surface area (Å²) in [5.41, 5.74) is 0.547. The minimum Gasteiger partial charge on any atom is -0.508 e. The summed E-state index contributed by atoms with van der Waals surface area (Å²) >= 11 is 0. The van der Waals surface area contributed by atoms with E-state index in [-0.39, 0.29) is 29.9 Å². The van der Waals surface area contributed by atoms with Gasteiger partial charge in [0.05, 0.1) is 0 Å². The molecule has 3 rings (SSSR count). The fraction of sp³-hybridized carbons (Fsp3) is 0.647. The molecule has 1 aromatic carbocycles. The Morgan fingerprint density at radius 2 is 1.80 bits per heavy atom. The Labute approximate surface area is 151 Å². The van der Waals surface area contributed by atoms with Crippen LogP contribution in [0.25, 0.3) is 0 Å². The summed E-state index contributed by atoms with van der Waals surface area (Å²) in [6.07, 6.45) is -0.386. The highest BCUT2D eigenvalue weighted by Gasteiger charge is 2.35. The molecule has 0 radical (unpaired) electrons. The molecule has 0 unspecified atom stereocenters. The van der Waals surface area contributed by atoms with Crippen molar-refractivity contribution in [1.82, 2.24) is 10.2 Å². The molecule has 8 heteroatoms. The number of phenolic OH excluding ortho intramolecular Hbond substituents is 1. The van der Waals surface area contributed by atoms with Crippen LogP contribution in [0.3, 0.4) is 0 Å². The third-order valence-corrected chi connectivity index (χ3v) is 4.94. The molecule has 1 aromatic rings. The van der Waals surface area contributed by atoms with E-state index in [1.54, 1.807) is 0 Å². The smallest absolute Gasteiger partial charge is 0.508 e. The molecule has 25 heavy (non-hydrogen) atoms. The highest BCUT2D eigenvalue weighted by Crippen LogP contribution is 2.43. The lowest BCUT2D eigenvalue weighted by molar-refractivity contribution is -0.274. The van der Waals surface area contributed by atoms with Gasteiger partial charge in [-0.25, -0.2) is 0 Å². The molecule has 0 spiro atoms. The van der Waals surface area contributed by atoms with E-state index in [4.69, 9.17) is 0 Å². The molecule has 0 bridgehead atoms. The lowest BCUT2D eigenvalue weighted by Crippen LogP contribution is -2.46. The monoisotopic (exact) mass is 380 g/mol. The van der Waals surface area contributed by atoms with Gasteiger partial charge in [0.15, 0.2) is 0 Å². The molecule has 2 N–H and O–H groups in total. The minimum absolute atomic E-state index is 0. The van der Waals surface area contributed by atoms with E-state index in [0.29, 0.717) is 11.5 Å². The predicted molar refractivity (Wildman–Crippen MR) is 91.2 cm³/mol. The number of nitrogens with zero attached hydrogens (tertiary/aromatic N) is 1. The van der Waals surface area contributed by atoms with Crippen molar-refractivity contribution in [2.45, 2.75) is 38.1 Å². The first-order valence-electron chi connectivity index (χ1n) is 8.47. The van der Waals surface area contributed by atoms with Gasteiger partial charge in [0.25, 0.3) is 0 Å². The number of halogens is 4. The second-order valence-corrected chi connectivity index (χ2v) is 6.54. The molecule has 1 saturated carbocycles. The quantitative estimate of drug-likeness (QED) is 0.832. The maximum Gasteiger partial charge on any atom is 0.573 e. The number of rotatable bonds is 4. The Kier molecular flexibility index (Phi) is 6.82. The van der Waals surface area contributed by atoms with Gasteiger partial charge < -0.3 is 15.2 Å². The van der Waals surface area contributed by atoms with Gasteiger partial charge >= 0.3 is 6.36 Å². The number of ether oxygens (including phenoxy) is 1. The van der Waals surface area contributed by atoms with E-state index in [1.165, 1.54) is 12.1 Å². The zero-order chi connectivity index (χ0) is 17.2. The van der Waals surface area contributed by atoms with E-state index in [9.17, 15) is 18.3 Å². The Morgan fingerprint density at radius 3 is 2.40 bits per heavy atom. The second kappa shape index (κ2) is 8.47. The van der Waals surface area contributed by atoms with E-state index in [0.717, 1.165) is 57.9 Å². The molecule has 1 aliphatic carbocycles. The highest BCUT2D eigenvalue weighted by molar-refractivity contribution is 5.85. The fourth-order valence-electron chi connectivity index (χ4n) is 3.95. The number of phenols is 1. The Balaban J connectivity index is 0.00000225. The first-order chi connectivity index (χ1) is 11.4. The summed E-state index contributed by atoms with van der Waals surface area (Å²) in [7, 11) is 0. The summed E-state index contributed by atoms with van der Waals surface area (Å²) in [5.74, 6) is 0.128. The van der Waals surface area contributed by atoms with E-state index < -0.39 is 6.36 Å². The number of nitrogens with one attached hydrogen (secondary N) is 1. The Morgan fingerprint density at radius 1 is 1.16 bits per heavy atom. The normalized spacial score (nSPS) is 20.9. The summed E-state index contributed by atoms with van der Waals surface area (Å²) in [4.78, 5) is 2.28. The standard InChI is InChI=1S/C17H23F3N2O2.ClH/c18-17(19,20)24-13-5-6-15(23)14(11-13)16(12-3-1-2-4-12)22-9-7-21-8-10-22;/h5-6,11-12,16,21,23H,1-4,7-10H2;1H/t16-;/m1./s1. The first kappa shape index (κ1) is 20.1. The van der Waals surface area contributed by atoms with Gasteiger partial charge in [-0.2, -0.15) is 0 Å².